The number of carbonyl (C=O) groups is 1. The zero-order valence-corrected chi connectivity index (χ0v) is 7.15. The van der Waals surface area contributed by atoms with E-state index in [1.54, 1.807) is 0 Å². The summed E-state index contributed by atoms with van der Waals surface area (Å²) in [6.07, 6.45) is -4.91. The van der Waals surface area contributed by atoms with Crippen LogP contribution in [0.15, 0.2) is 11.8 Å². The first-order valence-electron chi connectivity index (χ1n) is 2.30. The van der Waals surface area contributed by atoms with Gasteiger partial charge in [0.05, 0.1) is 0 Å². The minimum absolute atomic E-state index is 0. The largest absolute Gasteiger partial charge is 2.00 e. The van der Waals surface area contributed by atoms with E-state index in [1.165, 1.54) is 0 Å². The van der Waals surface area contributed by atoms with Gasteiger partial charge in [-0.1, -0.05) is 0 Å². The van der Waals surface area contributed by atoms with Crippen LogP contribution in [0.1, 0.15) is 6.92 Å². The van der Waals surface area contributed by atoms with Gasteiger partial charge in [-0.25, -0.2) is 0 Å². The molecule has 0 radical (unpaired) electrons. The molecule has 0 bridgehead atoms. The Hall–Kier alpha value is -0.234. The van der Waals surface area contributed by atoms with Crippen LogP contribution < -0.4 is 5.11 Å². The summed E-state index contributed by atoms with van der Waals surface area (Å²) >= 11 is 0. The molecule has 0 aromatic rings. The summed E-state index contributed by atoms with van der Waals surface area (Å²) in [5.41, 5.74) is 0. The zero-order chi connectivity index (χ0) is 8.36. The van der Waals surface area contributed by atoms with Crippen LogP contribution in [-0.4, -0.2) is 35.0 Å². The third kappa shape index (κ3) is 6.18. The van der Waals surface area contributed by atoms with E-state index in [1.807, 2.05) is 0 Å². The van der Waals surface area contributed by atoms with Gasteiger partial charge in [0.1, 0.15) is 0 Å². The molecule has 11 heavy (non-hydrogen) atoms. The third-order valence-electron chi connectivity index (χ3n) is 0.614. The van der Waals surface area contributed by atoms with Gasteiger partial charge in [0.15, 0.2) is 5.78 Å². The van der Waals surface area contributed by atoms with Crippen LogP contribution >= 0.6 is 0 Å². The first kappa shape index (κ1) is 13.4. The quantitative estimate of drug-likeness (QED) is 0.321. The molecular weight excluding hydrogens is 173 g/mol. The molecule has 0 aliphatic carbocycles. The number of allylic oxidation sites excluding steroid dienone is 2. The molecule has 0 aliphatic rings. The minimum Gasteiger partial charge on any atom is -0.869 e. The van der Waals surface area contributed by atoms with E-state index in [0.717, 1.165) is 6.92 Å². The van der Waals surface area contributed by atoms with Gasteiger partial charge in [0, 0.05) is 0 Å². The first-order valence-corrected chi connectivity index (χ1v) is 2.30. The molecule has 58 valence electrons. The summed E-state index contributed by atoms with van der Waals surface area (Å²) in [6, 6.07) is 0. The van der Waals surface area contributed by atoms with Gasteiger partial charge in [0.2, 0.25) is 0 Å². The number of ketones is 1. The summed E-state index contributed by atoms with van der Waals surface area (Å²) in [7, 11) is 0. The molecule has 0 aromatic heterocycles. The van der Waals surface area contributed by atoms with Gasteiger partial charge in [-0.3, -0.25) is 4.79 Å². The predicted octanol–water partition coefficient (Wildman–Crippen LogP) is 0.00110. The van der Waals surface area contributed by atoms with Gasteiger partial charge in [-0.2, -0.15) is 13.2 Å². The van der Waals surface area contributed by atoms with Crippen molar-refractivity contribution in [3.05, 3.63) is 11.8 Å². The second-order valence-corrected chi connectivity index (χ2v) is 1.62. The number of hydrogen-bond donors (Lipinski definition) is 0. The number of carbonyl (C=O) groups excluding carboxylic acids is 1. The van der Waals surface area contributed by atoms with Gasteiger partial charge in [-0.15, -0.1) is 0 Å². The Balaban J connectivity index is 0. The topological polar surface area (TPSA) is 40.1 Å². The second-order valence-electron chi connectivity index (χ2n) is 1.62. The van der Waals surface area contributed by atoms with Crippen molar-refractivity contribution in [2.24, 2.45) is 0 Å². The average Bonchev–Trinajstić information content (AvgIpc) is 1.60. The van der Waals surface area contributed by atoms with Crippen molar-refractivity contribution in [2.75, 3.05) is 0 Å². The van der Waals surface area contributed by atoms with Crippen molar-refractivity contribution in [2.45, 2.75) is 13.1 Å². The molecule has 0 aliphatic heterocycles. The van der Waals surface area contributed by atoms with E-state index in [2.05, 4.69) is 0 Å². The zero-order valence-electron chi connectivity index (χ0n) is 5.73. The van der Waals surface area contributed by atoms with E-state index < -0.39 is 17.7 Å². The number of hydrogen-bond acceptors (Lipinski definition) is 2. The summed E-state index contributed by atoms with van der Waals surface area (Å²) in [5.74, 6) is -3.01. The van der Waals surface area contributed by atoms with Crippen LogP contribution in [0.4, 0.5) is 13.2 Å². The summed E-state index contributed by atoms with van der Waals surface area (Å²) < 4.78 is 33.8. The van der Waals surface area contributed by atoms with E-state index in [9.17, 15) is 23.1 Å². The standard InChI is InChI=1S/C5H5F3O2.Mg/c1-3(9)2-4(10)5(6,7)8;/h2,10H,1H3;/q;+2/p-1. The van der Waals surface area contributed by atoms with Crippen molar-refractivity contribution < 1.29 is 23.1 Å². The van der Waals surface area contributed by atoms with Gasteiger partial charge >= 0.3 is 29.2 Å². The van der Waals surface area contributed by atoms with E-state index in [-0.39, 0.29) is 29.1 Å². The van der Waals surface area contributed by atoms with Crippen molar-refractivity contribution >= 4 is 28.8 Å². The maximum Gasteiger partial charge on any atom is 2.00 e. The number of rotatable bonds is 1. The van der Waals surface area contributed by atoms with Crippen LogP contribution in [0.25, 0.3) is 0 Å². The van der Waals surface area contributed by atoms with Gasteiger partial charge in [-0.05, 0) is 18.8 Å². The van der Waals surface area contributed by atoms with Crippen molar-refractivity contribution in [1.29, 1.82) is 0 Å². The Morgan fingerprint density at radius 3 is 1.91 bits per heavy atom. The van der Waals surface area contributed by atoms with E-state index in [0.29, 0.717) is 0 Å². The Morgan fingerprint density at radius 1 is 1.45 bits per heavy atom. The molecular formula is C5H4F3MgO2+. The summed E-state index contributed by atoms with van der Waals surface area (Å²) in [4.78, 5) is 9.92. The molecule has 0 spiro atoms. The fourth-order valence-electron chi connectivity index (χ4n) is 0.266. The fraction of sp³-hybridized carbons (Fsp3) is 0.400. The fourth-order valence-corrected chi connectivity index (χ4v) is 0.266. The maximum atomic E-state index is 11.3. The van der Waals surface area contributed by atoms with E-state index >= 15 is 0 Å². The Bertz CT molecular complexity index is 173. The maximum absolute atomic E-state index is 11.3. The smallest absolute Gasteiger partial charge is 0.869 e. The molecule has 0 saturated heterocycles. The molecule has 0 saturated carbocycles. The Kier molecular flexibility index (Phi) is 5.59. The van der Waals surface area contributed by atoms with Gasteiger partial charge in [0.25, 0.3) is 0 Å². The summed E-state index contributed by atoms with van der Waals surface area (Å²) in [6.45, 7) is 0.879. The van der Waals surface area contributed by atoms with Crippen LogP contribution in [0.5, 0.6) is 0 Å². The number of halogens is 3. The van der Waals surface area contributed by atoms with Crippen molar-refractivity contribution in [3.63, 3.8) is 0 Å². The Morgan fingerprint density at radius 2 is 1.82 bits per heavy atom. The van der Waals surface area contributed by atoms with Crippen LogP contribution in [0.3, 0.4) is 0 Å². The van der Waals surface area contributed by atoms with Crippen molar-refractivity contribution in [3.8, 4) is 0 Å². The third-order valence-corrected chi connectivity index (χ3v) is 0.614. The molecule has 0 rings (SSSR count). The van der Waals surface area contributed by atoms with Crippen molar-refractivity contribution in [1.82, 2.24) is 0 Å². The Labute approximate surface area is 77.2 Å². The molecule has 0 heterocycles. The molecule has 0 atom stereocenters. The van der Waals surface area contributed by atoms with Crippen LogP contribution in [-0.2, 0) is 4.79 Å². The number of alkyl halides is 3. The average molecular weight is 177 g/mol. The molecule has 2 nitrogen and oxygen atoms in total. The predicted molar refractivity (Wildman–Crippen MR) is 30.6 cm³/mol. The SMILES string of the molecule is CC(=O)C=C([O-])C(F)(F)F.[Mg+2]. The summed E-state index contributed by atoms with van der Waals surface area (Å²) in [5, 5.41) is 9.87. The van der Waals surface area contributed by atoms with Gasteiger partial charge < -0.3 is 5.11 Å². The molecule has 0 aromatic carbocycles. The molecule has 0 N–H and O–H groups in total. The first-order chi connectivity index (χ1) is 4.34. The molecule has 6 heteroatoms. The van der Waals surface area contributed by atoms with Crippen LogP contribution in [0.2, 0.25) is 0 Å². The second kappa shape index (κ2) is 4.60. The van der Waals surface area contributed by atoms with Crippen LogP contribution in [0, 0.1) is 0 Å². The monoisotopic (exact) mass is 177 g/mol. The van der Waals surface area contributed by atoms with E-state index in [4.69, 9.17) is 0 Å². The molecule has 0 amide bonds. The minimum atomic E-state index is -4.92. The normalized spacial score (nSPS) is 12.2. The molecule has 0 unspecified atom stereocenters. The molecule has 0 fully saturated rings.